The molecule has 33 heavy (non-hydrogen) atoms. The molecule has 4 nitrogen and oxygen atoms in total. The first-order chi connectivity index (χ1) is 16.1. The van der Waals surface area contributed by atoms with E-state index in [2.05, 4.69) is 5.32 Å². The highest BCUT2D eigenvalue weighted by molar-refractivity contribution is 6.40. The van der Waals surface area contributed by atoms with Gasteiger partial charge in [0.15, 0.2) is 11.6 Å². The molecular weight excluding hydrogens is 410 g/mol. The smallest absolute Gasteiger partial charge is 0.198 e. The lowest BCUT2D eigenvalue weighted by Gasteiger charge is -2.14. The van der Waals surface area contributed by atoms with E-state index in [0.29, 0.717) is 28.2 Å². The zero-order valence-corrected chi connectivity index (χ0v) is 18.0. The molecule has 0 fully saturated rings. The fourth-order valence-electron chi connectivity index (χ4n) is 3.94. The van der Waals surface area contributed by atoms with Crippen molar-refractivity contribution >= 4 is 29.0 Å². The Kier molecular flexibility index (Phi) is 5.33. The number of nitrogens with one attached hydrogen (secondary N) is 1. The molecule has 0 unspecified atom stereocenters. The number of benzene rings is 3. The third kappa shape index (κ3) is 4.19. The highest BCUT2D eigenvalue weighted by Crippen LogP contribution is 2.32. The van der Waals surface area contributed by atoms with Gasteiger partial charge in [-0.15, -0.1) is 0 Å². The van der Waals surface area contributed by atoms with Crippen molar-refractivity contribution in [2.24, 2.45) is 0 Å². The van der Waals surface area contributed by atoms with Gasteiger partial charge in [0.25, 0.3) is 0 Å². The zero-order chi connectivity index (χ0) is 22.8. The van der Waals surface area contributed by atoms with Gasteiger partial charge >= 0.3 is 0 Å². The van der Waals surface area contributed by atoms with Crippen LogP contribution in [0.5, 0.6) is 0 Å². The maximum atomic E-state index is 12.9. The van der Waals surface area contributed by atoms with Crippen LogP contribution < -0.4 is 5.32 Å². The van der Waals surface area contributed by atoms with Gasteiger partial charge in [0.2, 0.25) is 0 Å². The van der Waals surface area contributed by atoms with Crippen LogP contribution in [0.1, 0.15) is 33.2 Å². The standard InChI is InChI=1S/C29H21NO3/c1-19-17-21(27-28(31)25-9-5-6-10-26(25)29(27)32)18-24(33-19)16-13-20-11-14-23(15-12-20)30-22-7-3-2-4-8-22/h2-18,30H,1H3. The van der Waals surface area contributed by atoms with Crippen molar-refractivity contribution in [2.75, 3.05) is 5.32 Å². The molecule has 0 amide bonds. The van der Waals surface area contributed by atoms with Gasteiger partial charge < -0.3 is 10.1 Å². The Labute approximate surface area is 192 Å². The lowest BCUT2D eigenvalue weighted by molar-refractivity contribution is 0.0988. The second-order valence-corrected chi connectivity index (χ2v) is 7.88. The largest absolute Gasteiger partial charge is 0.462 e. The summed E-state index contributed by atoms with van der Waals surface area (Å²) in [6.07, 6.45) is 7.25. The number of carbonyl (C=O) groups is 2. The van der Waals surface area contributed by atoms with Gasteiger partial charge in [-0.1, -0.05) is 60.7 Å². The van der Waals surface area contributed by atoms with Crippen molar-refractivity contribution in [3.8, 4) is 0 Å². The fourth-order valence-corrected chi connectivity index (χ4v) is 3.94. The van der Waals surface area contributed by atoms with Gasteiger partial charge in [-0.3, -0.25) is 9.59 Å². The van der Waals surface area contributed by atoms with Crippen LogP contribution in [-0.4, -0.2) is 11.6 Å². The molecule has 1 heterocycles. The van der Waals surface area contributed by atoms with Crippen molar-refractivity contribution in [1.82, 2.24) is 0 Å². The summed E-state index contributed by atoms with van der Waals surface area (Å²) in [5.41, 5.74) is 4.71. The average molecular weight is 431 g/mol. The molecule has 5 rings (SSSR count). The molecular formula is C29H21NO3. The minimum atomic E-state index is -0.238. The first-order valence-electron chi connectivity index (χ1n) is 10.7. The molecule has 2 aliphatic rings. The van der Waals surface area contributed by atoms with Crippen LogP contribution in [0.4, 0.5) is 11.4 Å². The monoisotopic (exact) mass is 431 g/mol. The highest BCUT2D eigenvalue weighted by Gasteiger charge is 2.34. The van der Waals surface area contributed by atoms with Crippen molar-refractivity contribution in [3.63, 3.8) is 0 Å². The van der Waals surface area contributed by atoms with Gasteiger partial charge in [0.05, 0.1) is 5.57 Å². The summed E-state index contributed by atoms with van der Waals surface area (Å²) in [7, 11) is 0. The number of carbonyl (C=O) groups excluding carboxylic acids is 2. The van der Waals surface area contributed by atoms with Gasteiger partial charge in [-0.05, 0) is 60.6 Å². The average Bonchev–Trinajstić information content (AvgIpc) is 3.09. The molecule has 0 saturated carbocycles. The van der Waals surface area contributed by atoms with E-state index in [1.165, 1.54) is 0 Å². The first-order valence-corrected chi connectivity index (χ1v) is 10.7. The molecule has 1 aliphatic carbocycles. The number of Topliss-reactive ketones (excluding diaryl/α,β-unsaturated/α-hetero) is 2. The van der Waals surface area contributed by atoms with Crippen LogP contribution in [0.25, 0.3) is 6.08 Å². The second kappa shape index (κ2) is 8.60. The topological polar surface area (TPSA) is 55.4 Å². The number of ketones is 2. The van der Waals surface area contributed by atoms with Crippen molar-refractivity contribution in [3.05, 3.63) is 136 Å². The summed E-state index contributed by atoms with van der Waals surface area (Å²) in [6, 6.07) is 25.0. The molecule has 4 heteroatoms. The number of para-hydroxylation sites is 1. The maximum Gasteiger partial charge on any atom is 0.198 e. The predicted octanol–water partition coefficient (Wildman–Crippen LogP) is 6.64. The molecule has 0 saturated heterocycles. The minimum Gasteiger partial charge on any atom is -0.462 e. The molecule has 0 radical (unpaired) electrons. The van der Waals surface area contributed by atoms with Crippen LogP contribution in [0.2, 0.25) is 0 Å². The maximum absolute atomic E-state index is 12.9. The predicted molar refractivity (Wildman–Crippen MR) is 130 cm³/mol. The van der Waals surface area contributed by atoms with Crippen LogP contribution in [0, 0.1) is 0 Å². The van der Waals surface area contributed by atoms with Crippen LogP contribution in [0.3, 0.4) is 0 Å². The molecule has 0 spiro atoms. The summed E-state index contributed by atoms with van der Waals surface area (Å²) in [6.45, 7) is 1.81. The van der Waals surface area contributed by atoms with Crippen molar-refractivity contribution < 1.29 is 14.3 Å². The Hall–Kier alpha value is -4.44. The van der Waals surface area contributed by atoms with E-state index in [4.69, 9.17) is 4.74 Å². The molecule has 0 bridgehead atoms. The molecule has 1 N–H and O–H groups in total. The van der Waals surface area contributed by atoms with E-state index in [9.17, 15) is 9.59 Å². The van der Waals surface area contributed by atoms with E-state index in [-0.39, 0.29) is 17.1 Å². The molecule has 3 aromatic rings. The quantitative estimate of drug-likeness (QED) is 0.372. The number of anilines is 2. The number of rotatable bonds is 4. The molecule has 160 valence electrons. The molecule has 0 aromatic heterocycles. The zero-order valence-electron chi connectivity index (χ0n) is 18.0. The highest BCUT2D eigenvalue weighted by atomic mass is 16.5. The summed E-state index contributed by atoms with van der Waals surface area (Å²) in [4.78, 5) is 25.7. The normalized spacial score (nSPS) is 15.3. The number of allylic oxidation sites excluding steroid dienone is 6. The Morgan fingerprint density at radius 2 is 1.30 bits per heavy atom. The number of hydrogen-bond acceptors (Lipinski definition) is 4. The van der Waals surface area contributed by atoms with E-state index in [1.54, 1.807) is 36.4 Å². The minimum absolute atomic E-state index is 0.195. The first kappa shape index (κ1) is 20.5. The Balaban J connectivity index is 1.38. The fraction of sp³-hybridized carbons (Fsp3) is 0.0345. The SMILES string of the molecule is CC1=CC(=C2C(=O)c3ccccc3C2=O)C=C(C=Cc2ccc(Nc3ccccc3)cc2)O1. The van der Waals surface area contributed by atoms with Crippen molar-refractivity contribution in [2.45, 2.75) is 6.92 Å². The van der Waals surface area contributed by atoms with Gasteiger partial charge in [0.1, 0.15) is 11.5 Å². The van der Waals surface area contributed by atoms with E-state index in [0.717, 1.165) is 16.9 Å². The molecule has 0 atom stereocenters. The Morgan fingerprint density at radius 1 is 0.697 bits per heavy atom. The van der Waals surface area contributed by atoms with E-state index >= 15 is 0 Å². The van der Waals surface area contributed by atoms with Gasteiger partial charge in [-0.2, -0.15) is 0 Å². The lowest BCUT2D eigenvalue weighted by atomic mass is 10.0. The van der Waals surface area contributed by atoms with Gasteiger partial charge in [0, 0.05) is 22.5 Å². The Morgan fingerprint density at radius 3 is 1.97 bits per heavy atom. The van der Waals surface area contributed by atoms with Crippen LogP contribution in [-0.2, 0) is 4.74 Å². The van der Waals surface area contributed by atoms with Crippen LogP contribution >= 0.6 is 0 Å². The third-order valence-corrected chi connectivity index (χ3v) is 5.51. The molecule has 1 aliphatic heterocycles. The van der Waals surface area contributed by atoms with Crippen molar-refractivity contribution in [1.29, 1.82) is 0 Å². The summed E-state index contributed by atoms with van der Waals surface area (Å²) >= 11 is 0. The lowest BCUT2D eigenvalue weighted by Crippen LogP contribution is -2.07. The van der Waals surface area contributed by atoms with E-state index < -0.39 is 0 Å². The number of ether oxygens (including phenoxy) is 1. The third-order valence-electron chi connectivity index (χ3n) is 5.51. The van der Waals surface area contributed by atoms with Crippen LogP contribution in [0.15, 0.2) is 120 Å². The number of hydrogen-bond donors (Lipinski definition) is 1. The molecule has 3 aromatic carbocycles. The second-order valence-electron chi connectivity index (χ2n) is 7.88. The van der Waals surface area contributed by atoms with E-state index in [1.807, 2.05) is 73.7 Å². The van der Waals surface area contributed by atoms with Gasteiger partial charge in [-0.25, -0.2) is 0 Å². The summed E-state index contributed by atoms with van der Waals surface area (Å²) in [5.74, 6) is 0.717. The summed E-state index contributed by atoms with van der Waals surface area (Å²) in [5, 5.41) is 3.36. The summed E-state index contributed by atoms with van der Waals surface area (Å²) < 4.78 is 5.81. The Bertz CT molecular complexity index is 1340. The number of fused-ring (bicyclic) bond motifs is 1.